The van der Waals surface area contributed by atoms with Crippen molar-refractivity contribution in [1.29, 1.82) is 0 Å². The number of rotatable bonds is 6. The van der Waals surface area contributed by atoms with Gasteiger partial charge >= 0.3 is 0 Å². The monoisotopic (exact) mass is 221 g/mol. The van der Waals surface area contributed by atoms with Crippen molar-refractivity contribution in [2.24, 2.45) is 0 Å². The van der Waals surface area contributed by atoms with Crippen LogP contribution in [0.4, 0.5) is 0 Å². The first kappa shape index (κ1) is 13.2. The quantitative estimate of drug-likeness (QED) is 0.797. The highest BCUT2D eigenvalue weighted by Crippen LogP contribution is 2.13. The molecule has 1 rings (SSSR count). The molecule has 2 nitrogen and oxygen atoms in total. The van der Waals surface area contributed by atoms with E-state index < -0.39 is 0 Å². The highest BCUT2D eigenvalue weighted by molar-refractivity contribution is 5.18. The molecule has 0 aliphatic carbocycles. The van der Waals surface area contributed by atoms with Crippen molar-refractivity contribution < 1.29 is 4.74 Å². The van der Waals surface area contributed by atoms with Gasteiger partial charge in [-0.1, -0.05) is 37.3 Å². The number of hydrogen-bond acceptors (Lipinski definition) is 2. The van der Waals surface area contributed by atoms with Crippen LogP contribution in [0.1, 0.15) is 32.3 Å². The molecule has 0 radical (unpaired) electrons. The molecule has 16 heavy (non-hydrogen) atoms. The Morgan fingerprint density at radius 1 is 1.12 bits per heavy atom. The third-order valence-corrected chi connectivity index (χ3v) is 3.19. The summed E-state index contributed by atoms with van der Waals surface area (Å²) in [6.45, 7) is 7.47. The maximum Gasteiger partial charge on any atom is 0.0693 e. The molecule has 90 valence electrons. The Balaban J connectivity index is 2.38. The maximum atomic E-state index is 5.29. The predicted molar refractivity (Wildman–Crippen MR) is 68.8 cm³/mol. The number of benzene rings is 1. The Labute approximate surface area is 99.0 Å². The number of hydrogen-bond donors (Lipinski definition) is 1. The van der Waals surface area contributed by atoms with E-state index in [0.717, 1.165) is 6.54 Å². The van der Waals surface area contributed by atoms with E-state index in [1.165, 1.54) is 5.56 Å². The van der Waals surface area contributed by atoms with Crippen molar-refractivity contribution in [3.63, 3.8) is 0 Å². The first-order chi connectivity index (χ1) is 7.65. The van der Waals surface area contributed by atoms with Gasteiger partial charge in [-0.25, -0.2) is 0 Å². The molecule has 0 saturated carbocycles. The van der Waals surface area contributed by atoms with Crippen LogP contribution in [-0.2, 0) is 4.74 Å². The second-order valence-corrected chi connectivity index (χ2v) is 4.45. The van der Waals surface area contributed by atoms with Crippen LogP contribution in [0, 0.1) is 0 Å². The summed E-state index contributed by atoms with van der Waals surface area (Å²) in [7, 11) is 1.75. The Morgan fingerprint density at radius 2 is 1.75 bits per heavy atom. The minimum atomic E-state index is 0.253. The van der Waals surface area contributed by atoms with Gasteiger partial charge in [0.05, 0.1) is 6.10 Å². The van der Waals surface area contributed by atoms with Crippen LogP contribution in [0.2, 0.25) is 0 Å². The van der Waals surface area contributed by atoms with Crippen LogP contribution < -0.4 is 5.32 Å². The molecule has 0 spiro atoms. The van der Waals surface area contributed by atoms with Crippen molar-refractivity contribution >= 4 is 0 Å². The first-order valence-corrected chi connectivity index (χ1v) is 5.96. The SMILES string of the molecule is COC(C)C(C)NCC(C)c1ccccc1. The minimum absolute atomic E-state index is 0.253. The van der Waals surface area contributed by atoms with Crippen LogP contribution >= 0.6 is 0 Å². The fourth-order valence-electron chi connectivity index (χ4n) is 1.63. The van der Waals surface area contributed by atoms with E-state index in [4.69, 9.17) is 4.74 Å². The van der Waals surface area contributed by atoms with Gasteiger partial charge < -0.3 is 10.1 Å². The van der Waals surface area contributed by atoms with Gasteiger partial charge in [0, 0.05) is 19.7 Å². The van der Waals surface area contributed by atoms with E-state index in [1.807, 2.05) is 0 Å². The lowest BCUT2D eigenvalue weighted by Gasteiger charge is -2.22. The molecule has 2 heteroatoms. The predicted octanol–water partition coefficient (Wildman–Crippen LogP) is 2.80. The van der Waals surface area contributed by atoms with Crippen molar-refractivity contribution in [3.05, 3.63) is 35.9 Å². The second-order valence-electron chi connectivity index (χ2n) is 4.45. The summed E-state index contributed by atoms with van der Waals surface area (Å²) >= 11 is 0. The highest BCUT2D eigenvalue weighted by atomic mass is 16.5. The summed E-state index contributed by atoms with van der Waals surface area (Å²) in [6, 6.07) is 11.0. The van der Waals surface area contributed by atoms with Crippen molar-refractivity contribution in [2.45, 2.75) is 38.8 Å². The molecule has 1 aromatic rings. The van der Waals surface area contributed by atoms with Crippen LogP contribution in [-0.4, -0.2) is 25.8 Å². The molecule has 0 aliphatic heterocycles. The van der Waals surface area contributed by atoms with Crippen molar-refractivity contribution in [3.8, 4) is 0 Å². The number of nitrogens with one attached hydrogen (secondary N) is 1. The lowest BCUT2D eigenvalue weighted by Crippen LogP contribution is -2.38. The molecule has 0 aromatic heterocycles. The van der Waals surface area contributed by atoms with E-state index in [1.54, 1.807) is 7.11 Å². The molecule has 0 saturated heterocycles. The van der Waals surface area contributed by atoms with Gasteiger partial charge in [-0.15, -0.1) is 0 Å². The van der Waals surface area contributed by atoms with E-state index in [0.29, 0.717) is 12.0 Å². The van der Waals surface area contributed by atoms with Gasteiger partial charge in [0.2, 0.25) is 0 Å². The fraction of sp³-hybridized carbons (Fsp3) is 0.571. The molecule has 0 amide bonds. The zero-order valence-corrected chi connectivity index (χ0v) is 10.7. The summed E-state index contributed by atoms with van der Waals surface area (Å²) in [4.78, 5) is 0. The molecule has 0 bridgehead atoms. The van der Waals surface area contributed by atoms with Gasteiger partial charge in [-0.05, 0) is 25.3 Å². The average Bonchev–Trinajstić information content (AvgIpc) is 2.35. The molecule has 3 atom stereocenters. The summed E-state index contributed by atoms with van der Waals surface area (Å²) in [5, 5.41) is 3.51. The van der Waals surface area contributed by atoms with Gasteiger partial charge in [-0.2, -0.15) is 0 Å². The minimum Gasteiger partial charge on any atom is -0.380 e. The Bertz CT molecular complexity index is 286. The Hall–Kier alpha value is -0.860. The first-order valence-electron chi connectivity index (χ1n) is 5.96. The average molecular weight is 221 g/mol. The van der Waals surface area contributed by atoms with Crippen LogP contribution in [0.15, 0.2) is 30.3 Å². The second kappa shape index (κ2) is 6.66. The molecule has 0 aliphatic rings. The topological polar surface area (TPSA) is 21.3 Å². The Morgan fingerprint density at radius 3 is 2.31 bits per heavy atom. The highest BCUT2D eigenvalue weighted by Gasteiger charge is 2.12. The summed E-state index contributed by atoms with van der Waals surface area (Å²) < 4.78 is 5.29. The lowest BCUT2D eigenvalue weighted by molar-refractivity contribution is 0.0884. The van der Waals surface area contributed by atoms with Crippen molar-refractivity contribution in [1.82, 2.24) is 5.32 Å². The normalized spacial score (nSPS) is 16.8. The Kier molecular flexibility index (Phi) is 5.50. The van der Waals surface area contributed by atoms with Crippen LogP contribution in [0.5, 0.6) is 0 Å². The molecule has 3 unspecified atom stereocenters. The van der Waals surface area contributed by atoms with Crippen LogP contribution in [0.25, 0.3) is 0 Å². The summed E-state index contributed by atoms with van der Waals surface area (Å²) in [5.74, 6) is 0.535. The lowest BCUT2D eigenvalue weighted by atomic mass is 10.0. The largest absolute Gasteiger partial charge is 0.380 e. The molecule has 1 N–H and O–H groups in total. The van der Waals surface area contributed by atoms with E-state index >= 15 is 0 Å². The number of methoxy groups -OCH3 is 1. The van der Waals surface area contributed by atoms with Crippen molar-refractivity contribution in [2.75, 3.05) is 13.7 Å². The maximum absolute atomic E-state index is 5.29. The third kappa shape index (κ3) is 3.95. The summed E-state index contributed by atoms with van der Waals surface area (Å²) in [5.41, 5.74) is 1.38. The molecular weight excluding hydrogens is 198 g/mol. The van der Waals surface area contributed by atoms with Gasteiger partial charge in [0.25, 0.3) is 0 Å². The number of ether oxygens (including phenoxy) is 1. The third-order valence-electron chi connectivity index (χ3n) is 3.19. The fourth-order valence-corrected chi connectivity index (χ4v) is 1.63. The van der Waals surface area contributed by atoms with Gasteiger partial charge in [0.1, 0.15) is 0 Å². The van der Waals surface area contributed by atoms with Crippen LogP contribution in [0.3, 0.4) is 0 Å². The van der Waals surface area contributed by atoms with Gasteiger partial charge in [0.15, 0.2) is 0 Å². The molecule has 0 fully saturated rings. The van der Waals surface area contributed by atoms with E-state index in [-0.39, 0.29) is 6.10 Å². The molecular formula is C14H23NO. The zero-order valence-electron chi connectivity index (χ0n) is 10.7. The van der Waals surface area contributed by atoms with E-state index in [2.05, 4.69) is 56.4 Å². The molecule has 0 heterocycles. The van der Waals surface area contributed by atoms with Gasteiger partial charge in [-0.3, -0.25) is 0 Å². The molecule has 1 aromatic carbocycles. The zero-order chi connectivity index (χ0) is 12.0. The standard InChI is InChI=1S/C14H23NO/c1-11(14-8-6-5-7-9-14)10-15-12(2)13(3)16-4/h5-9,11-13,15H,10H2,1-4H3. The summed E-state index contributed by atoms with van der Waals surface area (Å²) in [6.07, 6.45) is 0.253. The smallest absolute Gasteiger partial charge is 0.0693 e. The van der Waals surface area contributed by atoms with E-state index in [9.17, 15) is 0 Å².